The molecule has 0 spiro atoms. The molecule has 1 heterocycles. The third kappa shape index (κ3) is 3.60. The average molecular weight is 324 g/mol. The van der Waals surface area contributed by atoms with Crippen molar-refractivity contribution in [2.45, 2.75) is 19.5 Å². The topological polar surface area (TPSA) is 32.3 Å². The molecule has 0 aliphatic rings. The largest absolute Gasteiger partial charge is 0.324 e. The summed E-state index contributed by atoms with van der Waals surface area (Å²) < 4.78 is 0. The van der Waals surface area contributed by atoms with E-state index in [-0.39, 0.29) is 11.9 Å². The predicted molar refractivity (Wildman–Crippen MR) is 97.8 cm³/mol. The minimum Gasteiger partial charge on any atom is -0.324 e. The van der Waals surface area contributed by atoms with Crippen molar-refractivity contribution in [2.24, 2.45) is 0 Å². The quantitative estimate of drug-likeness (QED) is 0.756. The number of anilines is 1. The molecule has 1 aromatic heterocycles. The minimum atomic E-state index is -0.200. The normalized spacial score (nSPS) is 12.5. The Morgan fingerprint density at radius 2 is 1.96 bits per heavy atom. The van der Waals surface area contributed by atoms with Gasteiger partial charge < -0.3 is 5.32 Å². The molecule has 2 aromatic carbocycles. The van der Waals surface area contributed by atoms with Crippen LogP contribution >= 0.6 is 11.3 Å². The summed E-state index contributed by atoms with van der Waals surface area (Å²) in [6.07, 6.45) is 0. The maximum Gasteiger partial charge on any atom is 0.241 e. The predicted octanol–water partition coefficient (Wildman–Crippen LogP) is 4.36. The molecule has 0 fully saturated rings. The van der Waals surface area contributed by atoms with Gasteiger partial charge in [-0.2, -0.15) is 11.3 Å². The number of fused-ring (bicyclic) bond motifs is 1. The van der Waals surface area contributed by atoms with Crippen molar-refractivity contribution in [3.8, 4) is 0 Å². The van der Waals surface area contributed by atoms with Crippen LogP contribution in [0.5, 0.6) is 0 Å². The highest BCUT2D eigenvalue weighted by atomic mass is 32.1. The number of benzene rings is 2. The number of nitrogens with zero attached hydrogens (tertiary/aromatic N) is 1. The molecule has 1 atom stereocenters. The Labute approximate surface area is 140 Å². The molecule has 118 valence electrons. The maximum atomic E-state index is 12.6. The zero-order valence-corrected chi connectivity index (χ0v) is 14.1. The van der Waals surface area contributed by atoms with E-state index in [1.165, 1.54) is 5.56 Å². The first-order valence-corrected chi connectivity index (χ1v) is 8.59. The molecule has 0 saturated carbocycles. The van der Waals surface area contributed by atoms with Crippen LogP contribution in [0.25, 0.3) is 10.8 Å². The van der Waals surface area contributed by atoms with E-state index in [0.717, 1.165) is 23.0 Å². The van der Waals surface area contributed by atoms with Crippen molar-refractivity contribution in [3.05, 3.63) is 64.9 Å². The Morgan fingerprint density at radius 3 is 2.74 bits per heavy atom. The van der Waals surface area contributed by atoms with Crippen LogP contribution in [0.15, 0.2) is 59.3 Å². The van der Waals surface area contributed by atoms with Gasteiger partial charge in [-0.25, -0.2) is 0 Å². The molecular formula is C19H20N2OS. The van der Waals surface area contributed by atoms with Gasteiger partial charge in [0, 0.05) is 17.6 Å². The molecule has 3 aromatic rings. The van der Waals surface area contributed by atoms with Gasteiger partial charge >= 0.3 is 0 Å². The van der Waals surface area contributed by atoms with Gasteiger partial charge in [-0.15, -0.1) is 0 Å². The van der Waals surface area contributed by atoms with Crippen LogP contribution in [0.2, 0.25) is 0 Å². The first-order valence-electron chi connectivity index (χ1n) is 7.65. The zero-order valence-electron chi connectivity index (χ0n) is 13.3. The van der Waals surface area contributed by atoms with Crippen molar-refractivity contribution in [2.75, 3.05) is 12.4 Å². The summed E-state index contributed by atoms with van der Waals surface area (Å²) in [5, 5.41) is 9.44. The molecule has 1 amide bonds. The summed E-state index contributed by atoms with van der Waals surface area (Å²) in [5.74, 6) is 0.0130. The monoisotopic (exact) mass is 324 g/mol. The van der Waals surface area contributed by atoms with Crippen molar-refractivity contribution in [1.82, 2.24) is 4.90 Å². The second-order valence-corrected chi connectivity index (χ2v) is 6.52. The third-order valence-electron chi connectivity index (χ3n) is 4.10. The molecular weight excluding hydrogens is 304 g/mol. The van der Waals surface area contributed by atoms with Crippen molar-refractivity contribution in [1.29, 1.82) is 0 Å². The van der Waals surface area contributed by atoms with E-state index in [9.17, 15) is 4.79 Å². The number of hydrogen-bond acceptors (Lipinski definition) is 3. The van der Waals surface area contributed by atoms with Crippen LogP contribution in [-0.2, 0) is 11.3 Å². The lowest BCUT2D eigenvalue weighted by molar-refractivity contribution is -0.120. The van der Waals surface area contributed by atoms with E-state index >= 15 is 0 Å². The lowest BCUT2D eigenvalue weighted by atomic mass is 10.1. The number of nitrogens with one attached hydrogen (secondary N) is 1. The van der Waals surface area contributed by atoms with Crippen molar-refractivity contribution in [3.63, 3.8) is 0 Å². The summed E-state index contributed by atoms with van der Waals surface area (Å²) in [6.45, 7) is 2.71. The highest BCUT2D eigenvalue weighted by Crippen LogP contribution is 2.23. The van der Waals surface area contributed by atoms with Crippen LogP contribution in [-0.4, -0.2) is 23.9 Å². The highest BCUT2D eigenvalue weighted by molar-refractivity contribution is 7.07. The molecule has 1 N–H and O–H groups in total. The van der Waals surface area contributed by atoms with E-state index in [0.29, 0.717) is 0 Å². The molecule has 0 saturated heterocycles. The Balaban J connectivity index is 1.72. The first kappa shape index (κ1) is 15.7. The number of likely N-dealkylation sites (N-methyl/N-ethyl adjacent to an activating group) is 1. The molecule has 3 nitrogen and oxygen atoms in total. The lowest BCUT2D eigenvalue weighted by Gasteiger charge is -2.23. The van der Waals surface area contributed by atoms with Crippen LogP contribution in [0, 0.1) is 0 Å². The van der Waals surface area contributed by atoms with Crippen LogP contribution in [0.1, 0.15) is 12.5 Å². The fraction of sp³-hybridized carbons (Fsp3) is 0.211. The van der Waals surface area contributed by atoms with Crippen LogP contribution in [0.4, 0.5) is 5.69 Å². The Morgan fingerprint density at radius 1 is 1.17 bits per heavy atom. The molecule has 0 unspecified atom stereocenters. The average Bonchev–Trinajstić information content (AvgIpc) is 3.07. The second kappa shape index (κ2) is 6.94. The van der Waals surface area contributed by atoms with Gasteiger partial charge in [0.25, 0.3) is 0 Å². The lowest BCUT2D eigenvalue weighted by Crippen LogP contribution is -2.39. The summed E-state index contributed by atoms with van der Waals surface area (Å²) in [6, 6.07) is 15.9. The van der Waals surface area contributed by atoms with Gasteiger partial charge in [-0.1, -0.05) is 36.4 Å². The van der Waals surface area contributed by atoms with Crippen LogP contribution < -0.4 is 5.32 Å². The van der Waals surface area contributed by atoms with Gasteiger partial charge in [0.2, 0.25) is 5.91 Å². The summed E-state index contributed by atoms with van der Waals surface area (Å²) in [7, 11) is 1.98. The van der Waals surface area contributed by atoms with Gasteiger partial charge in [-0.3, -0.25) is 9.69 Å². The number of carbonyl (C=O) groups excluding carboxylic acids is 1. The van der Waals surface area contributed by atoms with E-state index in [1.807, 2.05) is 44.3 Å². The van der Waals surface area contributed by atoms with Crippen molar-refractivity contribution >= 4 is 33.7 Å². The smallest absolute Gasteiger partial charge is 0.241 e. The zero-order chi connectivity index (χ0) is 16.2. The highest BCUT2D eigenvalue weighted by Gasteiger charge is 2.19. The third-order valence-corrected chi connectivity index (χ3v) is 4.83. The number of carbonyl (C=O) groups is 1. The van der Waals surface area contributed by atoms with E-state index < -0.39 is 0 Å². The van der Waals surface area contributed by atoms with Gasteiger partial charge in [0.1, 0.15) is 0 Å². The fourth-order valence-corrected chi connectivity index (χ4v) is 3.24. The minimum absolute atomic E-state index is 0.0130. The van der Waals surface area contributed by atoms with Crippen molar-refractivity contribution < 1.29 is 4.79 Å². The molecule has 0 aliphatic carbocycles. The molecule has 0 radical (unpaired) electrons. The van der Waals surface area contributed by atoms with E-state index in [1.54, 1.807) is 11.3 Å². The molecule has 0 aliphatic heterocycles. The SMILES string of the molecule is C[C@@H](C(=O)Nc1cccc2ccccc12)N(C)Cc1ccsc1. The maximum absolute atomic E-state index is 12.6. The first-order chi connectivity index (χ1) is 11.1. The summed E-state index contributed by atoms with van der Waals surface area (Å²) in [5.41, 5.74) is 2.10. The fourth-order valence-electron chi connectivity index (χ4n) is 2.58. The molecule has 4 heteroatoms. The number of hydrogen-bond donors (Lipinski definition) is 1. The van der Waals surface area contributed by atoms with Gasteiger partial charge in [-0.05, 0) is 47.8 Å². The van der Waals surface area contributed by atoms with E-state index in [2.05, 4.69) is 39.2 Å². The van der Waals surface area contributed by atoms with E-state index in [4.69, 9.17) is 0 Å². The molecule has 0 bridgehead atoms. The number of rotatable bonds is 5. The standard InChI is InChI=1S/C19H20N2OS/c1-14(21(2)12-15-10-11-23-13-15)19(22)20-18-9-5-7-16-6-3-4-8-17(16)18/h3-11,13-14H,12H2,1-2H3,(H,20,22)/t14-/m0/s1. The number of thiophene rings is 1. The van der Waals surface area contributed by atoms with Crippen LogP contribution in [0.3, 0.4) is 0 Å². The molecule has 3 rings (SSSR count). The Bertz CT molecular complexity index is 793. The summed E-state index contributed by atoms with van der Waals surface area (Å²) >= 11 is 1.68. The Kier molecular flexibility index (Phi) is 4.74. The molecule has 23 heavy (non-hydrogen) atoms. The number of amides is 1. The second-order valence-electron chi connectivity index (χ2n) is 5.74. The van der Waals surface area contributed by atoms with Gasteiger partial charge in [0.05, 0.1) is 6.04 Å². The Hall–Kier alpha value is -2.17. The van der Waals surface area contributed by atoms with Gasteiger partial charge in [0.15, 0.2) is 0 Å². The summed E-state index contributed by atoms with van der Waals surface area (Å²) in [4.78, 5) is 14.6.